The number of nitrogens with zero attached hydrogens (tertiary/aromatic N) is 4. The fourth-order valence-corrected chi connectivity index (χ4v) is 8.36. The van der Waals surface area contributed by atoms with Crippen LogP contribution in [0.2, 0.25) is 0 Å². The number of imidazole rings is 2. The Bertz CT molecular complexity index is 2110. The van der Waals surface area contributed by atoms with E-state index in [4.69, 9.17) is 28.9 Å². The first-order valence-electron chi connectivity index (χ1n) is 19.9. The number of amides is 2. The van der Waals surface area contributed by atoms with Crippen molar-refractivity contribution in [3.63, 3.8) is 0 Å². The van der Waals surface area contributed by atoms with Crippen molar-refractivity contribution < 1.29 is 38.1 Å². The molecule has 14 nitrogen and oxygen atoms in total. The molecule has 4 aromatic rings. The van der Waals surface area contributed by atoms with E-state index in [1.165, 1.54) is 14.2 Å². The predicted octanol–water partition coefficient (Wildman–Crippen LogP) is 6.86. The number of esters is 2. The van der Waals surface area contributed by atoms with Gasteiger partial charge in [-0.05, 0) is 60.8 Å². The van der Waals surface area contributed by atoms with Gasteiger partial charge in [0.05, 0.1) is 74.8 Å². The van der Waals surface area contributed by atoms with Gasteiger partial charge in [-0.2, -0.15) is 0 Å². The molecule has 0 spiro atoms. The number of methoxy groups -OCH3 is 2. The number of hydrogen-bond acceptors (Lipinski definition) is 10. The lowest BCUT2D eigenvalue weighted by molar-refractivity contribution is -0.148. The van der Waals surface area contributed by atoms with Gasteiger partial charge < -0.3 is 38.7 Å². The largest absolute Gasteiger partial charge is 0.469 e. The molecule has 2 amide bonds. The molecule has 2 saturated heterocycles. The molecule has 0 aliphatic carbocycles. The number of carbonyl (C=O) groups is 4. The van der Waals surface area contributed by atoms with Crippen LogP contribution in [0.25, 0.3) is 33.6 Å². The third-order valence-corrected chi connectivity index (χ3v) is 11.7. The minimum absolute atomic E-state index is 0.00684. The molecule has 0 radical (unpaired) electrons. The van der Waals surface area contributed by atoms with Gasteiger partial charge in [-0.3, -0.25) is 19.2 Å². The first kappa shape index (κ1) is 39.6. The van der Waals surface area contributed by atoms with Crippen molar-refractivity contribution in [3.05, 3.63) is 60.4 Å². The molecule has 0 saturated carbocycles. The maximum Gasteiger partial charge on any atom is 0.306 e. The van der Waals surface area contributed by atoms with Crippen LogP contribution >= 0.6 is 0 Å². The average molecular weight is 781 g/mol. The zero-order valence-electron chi connectivity index (χ0n) is 33.5. The zero-order valence-corrected chi connectivity index (χ0v) is 33.5. The van der Waals surface area contributed by atoms with Gasteiger partial charge in [0, 0.05) is 24.2 Å². The van der Waals surface area contributed by atoms with Crippen LogP contribution in [0.4, 0.5) is 0 Å². The molecule has 3 aliphatic heterocycles. The van der Waals surface area contributed by atoms with Crippen LogP contribution in [0.3, 0.4) is 0 Å². The van der Waals surface area contributed by atoms with Crippen molar-refractivity contribution in [1.82, 2.24) is 29.7 Å². The monoisotopic (exact) mass is 780 g/mol. The van der Waals surface area contributed by atoms with Crippen molar-refractivity contribution in [2.24, 2.45) is 23.7 Å². The van der Waals surface area contributed by atoms with Crippen molar-refractivity contribution in [2.45, 2.75) is 78.3 Å². The number of rotatable bonds is 13. The third kappa shape index (κ3) is 7.99. The normalized spacial score (nSPS) is 18.7. The molecular weight excluding hydrogens is 729 g/mol. The summed E-state index contributed by atoms with van der Waals surface area (Å²) in [5.74, 6) is 0.849. The lowest BCUT2D eigenvalue weighted by Gasteiger charge is -2.29. The molecule has 5 heterocycles. The number of aromatic nitrogens is 4. The van der Waals surface area contributed by atoms with E-state index in [0.29, 0.717) is 30.4 Å². The molecule has 2 aromatic heterocycles. The summed E-state index contributed by atoms with van der Waals surface area (Å²) >= 11 is 0. The molecule has 7 rings (SSSR count). The Morgan fingerprint density at radius 2 is 1.14 bits per heavy atom. The quantitative estimate of drug-likeness (QED) is 0.137. The smallest absolute Gasteiger partial charge is 0.306 e. The molecular formula is C43H52N6O8. The van der Waals surface area contributed by atoms with Crippen molar-refractivity contribution in [2.75, 3.05) is 34.1 Å². The maximum atomic E-state index is 13.7. The van der Waals surface area contributed by atoms with Crippen LogP contribution in [0.5, 0.6) is 11.5 Å². The maximum absolute atomic E-state index is 13.7. The molecule has 302 valence electrons. The van der Waals surface area contributed by atoms with Crippen molar-refractivity contribution >= 4 is 23.8 Å². The molecule has 2 aromatic carbocycles. The van der Waals surface area contributed by atoms with Crippen LogP contribution in [0.1, 0.15) is 90.0 Å². The Morgan fingerprint density at radius 3 is 1.65 bits per heavy atom. The van der Waals surface area contributed by atoms with E-state index in [9.17, 15) is 19.2 Å². The van der Waals surface area contributed by atoms with Crippen LogP contribution in [0.15, 0.2) is 48.8 Å². The van der Waals surface area contributed by atoms with Gasteiger partial charge in [0.2, 0.25) is 18.6 Å². The lowest BCUT2D eigenvalue weighted by atomic mass is 9.91. The van der Waals surface area contributed by atoms with E-state index in [1.807, 2.05) is 73.9 Å². The molecule has 14 heteroatoms. The summed E-state index contributed by atoms with van der Waals surface area (Å²) in [4.78, 5) is 71.6. The summed E-state index contributed by atoms with van der Waals surface area (Å²) in [6.07, 6.45) is 6.93. The summed E-state index contributed by atoms with van der Waals surface area (Å²) in [6.45, 7) is 9.12. The van der Waals surface area contributed by atoms with E-state index in [2.05, 4.69) is 9.97 Å². The number of carbonyl (C=O) groups excluding carboxylic acids is 4. The number of fused-ring (bicyclic) bond motifs is 1. The summed E-state index contributed by atoms with van der Waals surface area (Å²) in [6, 6.07) is 11.7. The SMILES string of the molecule is COC(=O)C[C@H](C(=O)N1CCC[C@H]1c1ncc(-c2ccc(-c3ccc(-c4cnc([C@@H]5CCCN5C(=O)[C@@H](CC(=O)OC)C(C)C)[nH]4)c4c3OCO4)cc2)[nH]1)C(C)C. The average Bonchev–Trinajstić information content (AvgIpc) is 4.07. The van der Waals surface area contributed by atoms with Crippen molar-refractivity contribution in [3.8, 4) is 45.1 Å². The standard InChI is InChI=1S/C43H52N6O8/c1-24(2)30(19-36(50)54-5)42(52)48-17-7-9-34(48)40-44-21-32(46-40)27-13-11-26(12-14-27)28-15-16-29(39-38(28)56-23-57-39)33-22-45-41(47-33)35-10-8-18-49(35)43(53)31(25(3)4)20-37(51)55-6/h11-16,21-22,24-25,30-31,34-35H,7-10,17-20,23H2,1-6H3,(H,44,46)(H,45,47)/t30-,31-,34-,35-/m0/s1. The van der Waals surface area contributed by atoms with Crippen LogP contribution in [0, 0.1) is 23.7 Å². The predicted molar refractivity (Wildman–Crippen MR) is 210 cm³/mol. The van der Waals surface area contributed by atoms with E-state index in [-0.39, 0.29) is 61.3 Å². The van der Waals surface area contributed by atoms with Crippen LogP contribution in [-0.4, -0.2) is 87.6 Å². The summed E-state index contributed by atoms with van der Waals surface area (Å²) < 4.78 is 21.8. The Hall–Kier alpha value is -5.66. The van der Waals surface area contributed by atoms with Gasteiger partial charge in [0.25, 0.3) is 0 Å². The second-order valence-corrected chi connectivity index (χ2v) is 15.8. The molecule has 0 unspecified atom stereocenters. The molecule has 57 heavy (non-hydrogen) atoms. The first-order chi connectivity index (χ1) is 27.5. The third-order valence-electron chi connectivity index (χ3n) is 11.7. The number of nitrogens with one attached hydrogen (secondary N) is 2. The molecule has 0 bridgehead atoms. The van der Waals surface area contributed by atoms with E-state index in [0.717, 1.165) is 65.1 Å². The second-order valence-electron chi connectivity index (χ2n) is 15.8. The number of hydrogen-bond donors (Lipinski definition) is 2. The minimum Gasteiger partial charge on any atom is -0.469 e. The molecule has 2 N–H and O–H groups in total. The Labute approximate surface area is 332 Å². The molecule has 4 atom stereocenters. The Kier molecular flexibility index (Phi) is 11.7. The van der Waals surface area contributed by atoms with Gasteiger partial charge in [-0.15, -0.1) is 0 Å². The lowest BCUT2D eigenvalue weighted by Crippen LogP contribution is -2.39. The summed E-state index contributed by atoms with van der Waals surface area (Å²) in [7, 11) is 2.69. The highest BCUT2D eigenvalue weighted by atomic mass is 16.7. The van der Waals surface area contributed by atoms with Crippen molar-refractivity contribution in [1.29, 1.82) is 0 Å². The van der Waals surface area contributed by atoms with Crippen LogP contribution < -0.4 is 9.47 Å². The van der Waals surface area contributed by atoms with Gasteiger partial charge in [0.15, 0.2) is 11.5 Å². The van der Waals surface area contributed by atoms with Gasteiger partial charge in [-0.25, -0.2) is 9.97 Å². The number of H-pyrrole nitrogens is 2. The Balaban J connectivity index is 1.07. The van der Waals surface area contributed by atoms with Gasteiger partial charge >= 0.3 is 11.9 Å². The summed E-state index contributed by atoms with van der Waals surface area (Å²) in [5, 5.41) is 0. The number of likely N-dealkylation sites (tertiary alicyclic amines) is 2. The fourth-order valence-electron chi connectivity index (χ4n) is 8.36. The highest BCUT2D eigenvalue weighted by Gasteiger charge is 2.39. The number of aromatic amines is 2. The zero-order chi connectivity index (χ0) is 40.4. The molecule has 2 fully saturated rings. The van der Waals surface area contributed by atoms with Gasteiger partial charge in [-0.1, -0.05) is 52.0 Å². The van der Waals surface area contributed by atoms with Crippen LogP contribution in [-0.2, 0) is 28.7 Å². The van der Waals surface area contributed by atoms with E-state index < -0.39 is 17.8 Å². The number of ether oxygens (including phenoxy) is 4. The fraction of sp³-hybridized carbons (Fsp3) is 0.488. The number of benzene rings is 2. The Morgan fingerprint density at radius 1 is 0.684 bits per heavy atom. The van der Waals surface area contributed by atoms with E-state index in [1.54, 1.807) is 12.4 Å². The second kappa shape index (κ2) is 16.8. The first-order valence-corrected chi connectivity index (χ1v) is 19.9. The molecule has 3 aliphatic rings. The highest BCUT2D eigenvalue weighted by Crippen LogP contribution is 2.48. The summed E-state index contributed by atoms with van der Waals surface area (Å²) in [5.41, 5.74) is 5.17. The van der Waals surface area contributed by atoms with E-state index >= 15 is 0 Å². The van der Waals surface area contributed by atoms with Gasteiger partial charge in [0.1, 0.15) is 11.6 Å². The topological polar surface area (TPSA) is 169 Å². The minimum atomic E-state index is -0.469. The highest BCUT2D eigenvalue weighted by molar-refractivity contribution is 5.86.